The van der Waals surface area contributed by atoms with Crippen LogP contribution >= 0.6 is 11.6 Å². The van der Waals surface area contributed by atoms with Crippen molar-refractivity contribution in [2.24, 2.45) is 0 Å². The molecule has 0 radical (unpaired) electrons. The van der Waals surface area contributed by atoms with Gasteiger partial charge >= 0.3 is 5.97 Å². The van der Waals surface area contributed by atoms with Gasteiger partial charge in [-0.1, -0.05) is 42.3 Å². The van der Waals surface area contributed by atoms with Crippen LogP contribution in [0.2, 0.25) is 5.02 Å². The molecule has 3 rings (SSSR count). The Labute approximate surface area is 183 Å². The first kappa shape index (κ1) is 22.6. The quantitative estimate of drug-likeness (QED) is 0.566. The van der Waals surface area contributed by atoms with Gasteiger partial charge in [0.05, 0.1) is 12.7 Å². The van der Waals surface area contributed by atoms with Gasteiger partial charge in [0.15, 0.2) is 6.61 Å². The summed E-state index contributed by atoms with van der Waals surface area (Å²) in [6.45, 7) is 2.55. The lowest BCUT2D eigenvalue weighted by atomic mass is 9.81. The van der Waals surface area contributed by atoms with Gasteiger partial charge in [-0.3, -0.25) is 0 Å². The van der Waals surface area contributed by atoms with E-state index in [4.69, 9.17) is 21.1 Å². The lowest BCUT2D eigenvalue weighted by Gasteiger charge is -2.31. The number of ether oxygens (including phenoxy) is 2. The number of hydrogen-bond acceptors (Lipinski definition) is 5. The van der Waals surface area contributed by atoms with Gasteiger partial charge in [-0.2, -0.15) is 0 Å². The van der Waals surface area contributed by atoms with Crippen molar-refractivity contribution in [3.05, 3.63) is 64.7 Å². The van der Waals surface area contributed by atoms with Gasteiger partial charge in [0.25, 0.3) is 0 Å². The normalized spacial score (nSPS) is 19.8. The van der Waals surface area contributed by atoms with Crippen LogP contribution < -0.4 is 10.1 Å². The number of halogens is 1. The Morgan fingerprint density at radius 2 is 2.07 bits per heavy atom. The van der Waals surface area contributed by atoms with Crippen LogP contribution in [0.25, 0.3) is 0 Å². The molecule has 0 saturated heterocycles. The fraction of sp³-hybridized carbons (Fsp3) is 0.458. The second-order valence-electron chi connectivity index (χ2n) is 7.71. The molecule has 2 N–H and O–H groups in total. The van der Waals surface area contributed by atoms with Crippen LogP contribution in [0.3, 0.4) is 0 Å². The van der Waals surface area contributed by atoms with Gasteiger partial charge in [0, 0.05) is 17.6 Å². The summed E-state index contributed by atoms with van der Waals surface area (Å²) in [5.41, 5.74) is 2.05. The second kappa shape index (κ2) is 11.3. The predicted molar refractivity (Wildman–Crippen MR) is 118 cm³/mol. The van der Waals surface area contributed by atoms with Crippen LogP contribution in [0, 0.1) is 0 Å². The zero-order chi connectivity index (χ0) is 21.3. The molecule has 1 saturated carbocycles. The maximum absolute atomic E-state index is 11.5. The highest BCUT2D eigenvalue weighted by atomic mass is 35.5. The Morgan fingerprint density at radius 1 is 1.23 bits per heavy atom. The number of nitrogens with one attached hydrogen (secondary N) is 1. The molecule has 0 spiro atoms. The van der Waals surface area contributed by atoms with Crippen molar-refractivity contribution in [3.8, 4) is 5.75 Å². The third-order valence-electron chi connectivity index (χ3n) is 5.50. The molecular weight excluding hydrogens is 402 g/mol. The van der Waals surface area contributed by atoms with Gasteiger partial charge in [0.2, 0.25) is 0 Å². The van der Waals surface area contributed by atoms with Crippen LogP contribution in [-0.4, -0.2) is 36.9 Å². The lowest BCUT2D eigenvalue weighted by molar-refractivity contribution is -0.145. The molecule has 0 amide bonds. The number of benzene rings is 2. The van der Waals surface area contributed by atoms with Crippen molar-refractivity contribution in [1.82, 2.24) is 5.32 Å². The standard InChI is InChI=1S/C24H30ClNO4/c1-2-29-24(28)16-30-22-11-5-7-18(14-22)17-6-4-10-21(13-17)26-15-23(27)19-8-3-9-20(25)12-19/h3,5,7-9,11-12,14,17,21,23,26-27H,2,4,6,10,13,15-16H2,1H3/t17-,21+,23-/m0/s1. The zero-order valence-electron chi connectivity index (χ0n) is 17.4. The average Bonchev–Trinajstić information content (AvgIpc) is 2.77. The van der Waals surface area contributed by atoms with E-state index in [9.17, 15) is 9.90 Å². The van der Waals surface area contributed by atoms with Gasteiger partial charge in [-0.15, -0.1) is 0 Å². The molecule has 0 heterocycles. The molecule has 0 bridgehead atoms. The van der Waals surface area contributed by atoms with Crippen molar-refractivity contribution in [2.75, 3.05) is 19.8 Å². The number of esters is 1. The van der Waals surface area contributed by atoms with Crippen LogP contribution in [-0.2, 0) is 9.53 Å². The molecule has 30 heavy (non-hydrogen) atoms. The first-order valence-electron chi connectivity index (χ1n) is 10.6. The van der Waals surface area contributed by atoms with E-state index in [0.717, 1.165) is 31.2 Å². The third-order valence-corrected chi connectivity index (χ3v) is 5.73. The van der Waals surface area contributed by atoms with Gasteiger partial charge in [0.1, 0.15) is 5.75 Å². The number of hydrogen-bond donors (Lipinski definition) is 2. The fourth-order valence-electron chi connectivity index (χ4n) is 3.99. The molecule has 1 aliphatic rings. The van der Waals surface area contributed by atoms with E-state index in [2.05, 4.69) is 11.4 Å². The molecule has 6 heteroatoms. The van der Waals surface area contributed by atoms with Crippen LogP contribution in [0.1, 0.15) is 55.8 Å². The summed E-state index contributed by atoms with van der Waals surface area (Å²) in [7, 11) is 0. The Morgan fingerprint density at radius 3 is 2.87 bits per heavy atom. The van der Waals surface area contributed by atoms with E-state index in [1.54, 1.807) is 13.0 Å². The minimum Gasteiger partial charge on any atom is -0.482 e. The van der Waals surface area contributed by atoms with Crippen molar-refractivity contribution >= 4 is 17.6 Å². The largest absolute Gasteiger partial charge is 0.482 e. The highest BCUT2D eigenvalue weighted by Gasteiger charge is 2.24. The van der Waals surface area contributed by atoms with Gasteiger partial charge in [-0.05, 0) is 67.5 Å². The second-order valence-corrected chi connectivity index (χ2v) is 8.14. The zero-order valence-corrected chi connectivity index (χ0v) is 18.1. The topological polar surface area (TPSA) is 67.8 Å². The first-order valence-corrected chi connectivity index (χ1v) is 11.0. The summed E-state index contributed by atoms with van der Waals surface area (Å²) in [5.74, 6) is 0.751. The minimum atomic E-state index is -0.580. The van der Waals surface area contributed by atoms with Crippen molar-refractivity contribution in [2.45, 2.75) is 50.7 Å². The summed E-state index contributed by atoms with van der Waals surface area (Å²) < 4.78 is 10.5. The van der Waals surface area contributed by atoms with E-state index >= 15 is 0 Å². The first-order chi connectivity index (χ1) is 14.5. The maximum atomic E-state index is 11.5. The van der Waals surface area contributed by atoms with Crippen LogP contribution in [0.4, 0.5) is 0 Å². The summed E-state index contributed by atoms with van der Waals surface area (Å²) in [5, 5.41) is 14.6. The highest BCUT2D eigenvalue weighted by Crippen LogP contribution is 2.34. The van der Waals surface area contributed by atoms with Crippen LogP contribution in [0.15, 0.2) is 48.5 Å². The Bertz CT molecular complexity index is 828. The predicted octanol–water partition coefficient (Wildman–Crippen LogP) is 4.63. The number of carbonyl (C=O) groups is 1. The highest BCUT2D eigenvalue weighted by molar-refractivity contribution is 6.30. The molecule has 1 aliphatic carbocycles. The summed E-state index contributed by atoms with van der Waals surface area (Å²) >= 11 is 6.03. The number of aliphatic hydroxyl groups excluding tert-OH is 1. The number of carbonyl (C=O) groups excluding carboxylic acids is 1. The monoisotopic (exact) mass is 431 g/mol. The van der Waals surface area contributed by atoms with Gasteiger partial charge in [-0.25, -0.2) is 4.79 Å². The van der Waals surface area contributed by atoms with E-state index < -0.39 is 6.10 Å². The molecule has 0 unspecified atom stereocenters. The molecule has 3 atom stereocenters. The van der Waals surface area contributed by atoms with E-state index in [1.807, 2.05) is 36.4 Å². The average molecular weight is 432 g/mol. The minimum absolute atomic E-state index is 0.0759. The van der Waals surface area contributed by atoms with E-state index in [0.29, 0.717) is 35.9 Å². The molecule has 1 fully saturated rings. The summed E-state index contributed by atoms with van der Waals surface area (Å²) in [6, 6.07) is 15.7. The number of rotatable bonds is 9. The summed E-state index contributed by atoms with van der Waals surface area (Å²) in [4.78, 5) is 11.5. The van der Waals surface area contributed by atoms with E-state index in [1.165, 1.54) is 5.56 Å². The smallest absolute Gasteiger partial charge is 0.344 e. The molecule has 2 aromatic carbocycles. The van der Waals surface area contributed by atoms with E-state index in [-0.39, 0.29) is 12.6 Å². The fourth-order valence-corrected chi connectivity index (χ4v) is 4.19. The molecular formula is C24H30ClNO4. The van der Waals surface area contributed by atoms with Gasteiger partial charge < -0.3 is 19.9 Å². The molecule has 162 valence electrons. The molecule has 5 nitrogen and oxygen atoms in total. The lowest BCUT2D eigenvalue weighted by Crippen LogP contribution is -2.36. The third kappa shape index (κ3) is 6.73. The van der Waals surface area contributed by atoms with Crippen LogP contribution in [0.5, 0.6) is 5.75 Å². The Hall–Kier alpha value is -2.08. The van der Waals surface area contributed by atoms with Crippen molar-refractivity contribution < 1.29 is 19.4 Å². The molecule has 0 aromatic heterocycles. The Balaban J connectivity index is 1.53. The van der Waals surface area contributed by atoms with Crippen molar-refractivity contribution in [1.29, 1.82) is 0 Å². The SMILES string of the molecule is CCOC(=O)COc1cccc([C@H]2CCC[C@@H](NC[C@H](O)c3cccc(Cl)c3)C2)c1. The Kier molecular flexibility index (Phi) is 8.55. The van der Waals surface area contributed by atoms with Crippen molar-refractivity contribution in [3.63, 3.8) is 0 Å². The molecule has 2 aromatic rings. The number of aliphatic hydroxyl groups is 1. The summed E-state index contributed by atoms with van der Waals surface area (Å²) in [6.07, 6.45) is 3.77. The molecule has 0 aliphatic heterocycles. The maximum Gasteiger partial charge on any atom is 0.344 e.